The summed E-state index contributed by atoms with van der Waals surface area (Å²) in [5.74, 6) is 0. The number of nitrogens with one attached hydrogen (secondary N) is 1. The molecule has 150 valence electrons. The van der Waals surface area contributed by atoms with Crippen molar-refractivity contribution in [3.63, 3.8) is 0 Å². The third kappa shape index (κ3) is 3.94. The highest BCUT2D eigenvalue weighted by molar-refractivity contribution is 5.92. The Hall–Kier alpha value is -3.35. The first-order valence-corrected chi connectivity index (χ1v) is 9.73. The number of fused-ring (bicyclic) bond motifs is 3. The van der Waals surface area contributed by atoms with Gasteiger partial charge in [-0.2, -0.15) is 0 Å². The minimum atomic E-state index is -0.365. The van der Waals surface area contributed by atoms with E-state index in [2.05, 4.69) is 32.2 Å². The maximum Gasteiger partial charge on any atom is 0.407 e. The molecule has 0 saturated heterocycles. The molecule has 1 aliphatic carbocycles. The molecule has 4 rings (SSSR count). The molecule has 3 aromatic rings. The van der Waals surface area contributed by atoms with Crippen LogP contribution in [0.4, 0.5) is 4.79 Å². The van der Waals surface area contributed by atoms with Crippen LogP contribution in [0, 0.1) is 0 Å². The number of rotatable bonds is 6. The molecule has 0 fully saturated rings. The lowest BCUT2D eigenvalue weighted by atomic mass is 10.1. The van der Waals surface area contributed by atoms with E-state index in [1.165, 1.54) is 23.8 Å². The normalized spacial score (nSPS) is 15.6. The van der Waals surface area contributed by atoms with E-state index in [1.54, 1.807) is 13.1 Å². The van der Waals surface area contributed by atoms with Gasteiger partial charge in [0.2, 0.25) is 0 Å². The second kappa shape index (κ2) is 8.34. The van der Waals surface area contributed by atoms with Crippen molar-refractivity contribution < 1.29 is 14.4 Å². The molecule has 7 nitrogen and oxygen atoms in total. The average molecular weight is 392 g/mol. The van der Waals surface area contributed by atoms with Gasteiger partial charge >= 0.3 is 6.09 Å². The van der Waals surface area contributed by atoms with Crippen LogP contribution >= 0.6 is 0 Å². The number of aromatic nitrogens is 2. The summed E-state index contributed by atoms with van der Waals surface area (Å²) in [6, 6.07) is 12.2. The van der Waals surface area contributed by atoms with E-state index >= 15 is 0 Å². The van der Waals surface area contributed by atoms with Crippen molar-refractivity contribution in [2.75, 3.05) is 13.7 Å². The molecule has 1 aliphatic rings. The lowest BCUT2D eigenvalue weighted by molar-refractivity contribution is 0.148. The Balaban J connectivity index is 1.72. The van der Waals surface area contributed by atoms with Gasteiger partial charge in [-0.1, -0.05) is 17.3 Å². The molecule has 1 N–H and O–H groups in total. The first-order valence-electron chi connectivity index (χ1n) is 9.73. The first kappa shape index (κ1) is 19.0. The number of amides is 1. The molecule has 0 spiro atoms. The molecule has 2 heterocycles. The predicted molar refractivity (Wildman–Crippen MR) is 111 cm³/mol. The molecule has 2 aromatic heterocycles. The third-order valence-electron chi connectivity index (χ3n) is 5.15. The van der Waals surface area contributed by atoms with E-state index in [0.717, 1.165) is 29.6 Å². The molecular weight excluding hydrogens is 368 g/mol. The van der Waals surface area contributed by atoms with Gasteiger partial charge in [-0.15, -0.1) is 0 Å². The van der Waals surface area contributed by atoms with Crippen molar-refractivity contribution >= 4 is 23.2 Å². The molecule has 0 radical (unpaired) electrons. The second-order valence-corrected chi connectivity index (χ2v) is 7.00. The standard InChI is InChI=1S/C22H24N4O3/c1-3-29-22(27)25-17-11-19-18-10-15(13-24-28-2)7-8-20(18)26(21(19)12-17)14-16-6-4-5-9-23-16/h4-10,13,17H,3,11-12,14H2,1-2H3,(H,25,27)/t17-/m0/s1. The Labute approximate surface area is 169 Å². The van der Waals surface area contributed by atoms with E-state index in [-0.39, 0.29) is 12.1 Å². The number of alkyl carbamates (subject to hydrolysis) is 1. The SMILES string of the molecule is CCOC(=O)N[C@H]1Cc2c(n(Cc3ccccn3)c3ccc(C=NOC)cc23)C1. The number of carbonyl (C=O) groups excluding carboxylic acids is 1. The Bertz CT molecular complexity index is 1040. The average Bonchev–Trinajstić information content (AvgIpc) is 3.25. The highest BCUT2D eigenvalue weighted by Crippen LogP contribution is 2.34. The van der Waals surface area contributed by atoms with Gasteiger partial charge in [-0.25, -0.2) is 4.79 Å². The van der Waals surface area contributed by atoms with E-state index in [1.807, 2.05) is 30.5 Å². The van der Waals surface area contributed by atoms with Crippen molar-refractivity contribution in [3.8, 4) is 0 Å². The van der Waals surface area contributed by atoms with Crippen LogP contribution in [0.25, 0.3) is 10.9 Å². The van der Waals surface area contributed by atoms with E-state index < -0.39 is 0 Å². The maximum atomic E-state index is 11.9. The van der Waals surface area contributed by atoms with Crippen LogP contribution in [0.5, 0.6) is 0 Å². The van der Waals surface area contributed by atoms with Gasteiger partial charge in [0.05, 0.1) is 25.1 Å². The van der Waals surface area contributed by atoms with Gasteiger partial charge in [-0.05, 0) is 48.7 Å². The Morgan fingerprint density at radius 1 is 1.34 bits per heavy atom. The van der Waals surface area contributed by atoms with Gasteiger partial charge in [0.15, 0.2) is 0 Å². The highest BCUT2D eigenvalue weighted by atomic mass is 16.6. The second-order valence-electron chi connectivity index (χ2n) is 7.00. The Morgan fingerprint density at radius 2 is 2.24 bits per heavy atom. The lowest BCUT2D eigenvalue weighted by Crippen LogP contribution is -2.36. The molecule has 0 unspecified atom stereocenters. The summed E-state index contributed by atoms with van der Waals surface area (Å²) >= 11 is 0. The lowest BCUT2D eigenvalue weighted by Gasteiger charge is -2.14. The van der Waals surface area contributed by atoms with Crippen LogP contribution in [0.15, 0.2) is 47.8 Å². The number of ether oxygens (including phenoxy) is 1. The minimum absolute atomic E-state index is 0.0229. The molecule has 1 amide bonds. The quantitative estimate of drug-likeness (QED) is 0.516. The van der Waals surface area contributed by atoms with Crippen molar-refractivity contribution in [1.82, 2.24) is 14.9 Å². The van der Waals surface area contributed by atoms with Crippen LogP contribution in [0.1, 0.15) is 29.4 Å². The van der Waals surface area contributed by atoms with Gasteiger partial charge in [-0.3, -0.25) is 4.98 Å². The van der Waals surface area contributed by atoms with Crippen molar-refractivity contribution in [2.24, 2.45) is 5.16 Å². The van der Waals surface area contributed by atoms with Gasteiger partial charge in [0.1, 0.15) is 7.11 Å². The van der Waals surface area contributed by atoms with Crippen LogP contribution in [-0.4, -0.2) is 41.6 Å². The zero-order valence-electron chi connectivity index (χ0n) is 16.6. The zero-order valence-corrected chi connectivity index (χ0v) is 16.6. The number of nitrogens with zero attached hydrogens (tertiary/aromatic N) is 3. The summed E-state index contributed by atoms with van der Waals surface area (Å²) in [5, 5.41) is 8.03. The van der Waals surface area contributed by atoms with Crippen LogP contribution in [0.2, 0.25) is 0 Å². The number of carbonyl (C=O) groups is 1. The molecular formula is C22H24N4O3. The number of benzene rings is 1. The monoisotopic (exact) mass is 392 g/mol. The van der Waals surface area contributed by atoms with Gasteiger partial charge in [0, 0.05) is 35.3 Å². The van der Waals surface area contributed by atoms with E-state index in [0.29, 0.717) is 13.2 Å². The summed E-state index contributed by atoms with van der Waals surface area (Å²) in [5.41, 5.74) is 5.61. The molecule has 0 saturated carbocycles. The van der Waals surface area contributed by atoms with E-state index in [4.69, 9.17) is 9.57 Å². The summed E-state index contributed by atoms with van der Waals surface area (Å²) < 4.78 is 7.36. The molecule has 7 heteroatoms. The largest absolute Gasteiger partial charge is 0.450 e. The van der Waals surface area contributed by atoms with Crippen molar-refractivity contribution in [2.45, 2.75) is 32.4 Å². The number of hydrogen-bond donors (Lipinski definition) is 1. The first-order chi connectivity index (χ1) is 14.2. The zero-order chi connectivity index (χ0) is 20.2. The summed E-state index contributed by atoms with van der Waals surface area (Å²) in [7, 11) is 1.53. The minimum Gasteiger partial charge on any atom is -0.450 e. The molecule has 0 bridgehead atoms. The number of pyridine rings is 1. The fourth-order valence-electron chi connectivity index (χ4n) is 3.98. The van der Waals surface area contributed by atoms with Crippen LogP contribution < -0.4 is 5.32 Å². The topological polar surface area (TPSA) is 77.7 Å². The van der Waals surface area contributed by atoms with Crippen LogP contribution in [0.3, 0.4) is 0 Å². The smallest absolute Gasteiger partial charge is 0.407 e. The number of hydrogen-bond acceptors (Lipinski definition) is 5. The molecule has 1 aromatic carbocycles. The summed E-state index contributed by atoms with van der Waals surface area (Å²) in [4.78, 5) is 21.2. The van der Waals surface area contributed by atoms with Crippen molar-refractivity contribution in [3.05, 3.63) is 65.1 Å². The third-order valence-corrected chi connectivity index (χ3v) is 5.15. The van der Waals surface area contributed by atoms with Gasteiger partial charge < -0.3 is 19.5 Å². The fourth-order valence-corrected chi connectivity index (χ4v) is 3.98. The molecule has 29 heavy (non-hydrogen) atoms. The Kier molecular flexibility index (Phi) is 5.46. The van der Waals surface area contributed by atoms with E-state index in [9.17, 15) is 4.79 Å². The maximum absolute atomic E-state index is 11.9. The summed E-state index contributed by atoms with van der Waals surface area (Å²) in [6.45, 7) is 2.85. The van der Waals surface area contributed by atoms with Crippen LogP contribution in [-0.2, 0) is 29.0 Å². The van der Waals surface area contributed by atoms with Crippen molar-refractivity contribution in [1.29, 1.82) is 0 Å². The highest BCUT2D eigenvalue weighted by Gasteiger charge is 2.30. The molecule has 1 atom stereocenters. The Morgan fingerprint density at radius 3 is 3.00 bits per heavy atom. The predicted octanol–water partition coefficient (Wildman–Crippen LogP) is 3.28. The fraction of sp³-hybridized carbons (Fsp3) is 0.318. The number of oxime groups is 1. The molecule has 0 aliphatic heterocycles. The summed E-state index contributed by atoms with van der Waals surface area (Å²) in [6.07, 6.45) is 4.68. The van der Waals surface area contributed by atoms with Gasteiger partial charge in [0.25, 0.3) is 0 Å².